The second-order valence-corrected chi connectivity index (χ2v) is 9.95. The van der Waals surface area contributed by atoms with E-state index in [-0.39, 0.29) is 11.4 Å². The summed E-state index contributed by atoms with van der Waals surface area (Å²) < 4.78 is 33.6. The minimum Gasteiger partial charge on any atom is -0.494 e. The Balaban J connectivity index is 1.90. The molecule has 0 spiro atoms. The van der Waals surface area contributed by atoms with Gasteiger partial charge in [-0.15, -0.1) is 11.8 Å². The van der Waals surface area contributed by atoms with Crippen molar-refractivity contribution in [1.82, 2.24) is 0 Å². The van der Waals surface area contributed by atoms with Crippen LogP contribution in [0.15, 0.2) is 82.6 Å². The van der Waals surface area contributed by atoms with E-state index in [0.29, 0.717) is 23.7 Å². The monoisotopic (exact) mass is 484 g/mol. The summed E-state index contributed by atoms with van der Waals surface area (Å²) in [5.41, 5.74) is 2.15. The normalized spacial score (nSPS) is 11.1. The van der Waals surface area contributed by atoms with Crippen molar-refractivity contribution < 1.29 is 17.9 Å². The number of amides is 1. The topological polar surface area (TPSA) is 75.7 Å². The Hall–Kier alpha value is -2.97. The molecule has 0 aliphatic rings. The number of carbonyl (C=O) groups excluding carboxylic acids is 1. The number of ether oxygens (including phenoxy) is 1. The van der Waals surface area contributed by atoms with E-state index in [1.807, 2.05) is 37.4 Å². The third-order valence-corrected chi connectivity index (χ3v) is 7.55. The van der Waals surface area contributed by atoms with E-state index < -0.39 is 15.9 Å². The number of nitrogens with one attached hydrogen (secondary N) is 1. The quantitative estimate of drug-likeness (QED) is 0.400. The van der Waals surface area contributed by atoms with Gasteiger partial charge in [0.15, 0.2) is 0 Å². The van der Waals surface area contributed by atoms with Crippen molar-refractivity contribution in [2.45, 2.75) is 30.1 Å². The Bertz CT molecular complexity index is 1160. The van der Waals surface area contributed by atoms with Crippen LogP contribution in [-0.4, -0.2) is 33.7 Å². The zero-order chi connectivity index (χ0) is 23.8. The predicted octanol–water partition coefficient (Wildman–Crippen LogP) is 5.20. The molecule has 1 amide bonds. The van der Waals surface area contributed by atoms with Crippen molar-refractivity contribution in [3.05, 3.63) is 78.4 Å². The first-order chi connectivity index (χ1) is 15.9. The predicted molar refractivity (Wildman–Crippen MR) is 135 cm³/mol. The van der Waals surface area contributed by atoms with E-state index in [1.165, 1.54) is 11.8 Å². The highest BCUT2D eigenvalue weighted by Crippen LogP contribution is 2.27. The highest BCUT2D eigenvalue weighted by atomic mass is 32.2. The van der Waals surface area contributed by atoms with Gasteiger partial charge in [0.05, 0.1) is 17.2 Å². The molecule has 6 nitrogen and oxygen atoms in total. The van der Waals surface area contributed by atoms with Gasteiger partial charge in [0.2, 0.25) is 5.91 Å². The van der Waals surface area contributed by atoms with Crippen molar-refractivity contribution in [3.8, 4) is 5.75 Å². The highest BCUT2D eigenvalue weighted by molar-refractivity contribution is 7.98. The van der Waals surface area contributed by atoms with Crippen LogP contribution in [0.5, 0.6) is 5.75 Å². The zero-order valence-corrected chi connectivity index (χ0v) is 20.6. The fraction of sp³-hybridized carbons (Fsp3) is 0.240. The molecule has 0 atom stereocenters. The number of hydrogen-bond donors (Lipinski definition) is 1. The van der Waals surface area contributed by atoms with Gasteiger partial charge in [0.1, 0.15) is 12.3 Å². The Morgan fingerprint density at radius 2 is 1.58 bits per heavy atom. The highest BCUT2D eigenvalue weighted by Gasteiger charge is 2.27. The van der Waals surface area contributed by atoms with Crippen LogP contribution in [0.1, 0.15) is 19.4 Å². The number of aryl methyl sites for hydroxylation is 1. The summed E-state index contributed by atoms with van der Waals surface area (Å²) in [5.74, 6) is 0.195. The molecule has 0 radical (unpaired) electrons. The molecule has 3 rings (SSSR count). The molecule has 33 heavy (non-hydrogen) atoms. The fourth-order valence-electron chi connectivity index (χ4n) is 3.22. The fourth-order valence-corrected chi connectivity index (χ4v) is 5.05. The number of rotatable bonds is 10. The lowest BCUT2D eigenvalue weighted by Crippen LogP contribution is -2.38. The Kier molecular flexibility index (Phi) is 8.41. The van der Waals surface area contributed by atoms with Gasteiger partial charge in [-0.3, -0.25) is 9.10 Å². The molecule has 0 aliphatic carbocycles. The summed E-state index contributed by atoms with van der Waals surface area (Å²) in [6.45, 7) is 4.07. The van der Waals surface area contributed by atoms with Gasteiger partial charge in [0.25, 0.3) is 10.0 Å². The molecule has 0 heterocycles. The smallest absolute Gasteiger partial charge is 0.264 e. The van der Waals surface area contributed by atoms with Gasteiger partial charge >= 0.3 is 0 Å². The first-order valence-electron chi connectivity index (χ1n) is 10.7. The average molecular weight is 485 g/mol. The van der Waals surface area contributed by atoms with E-state index in [1.54, 1.807) is 48.5 Å². The third kappa shape index (κ3) is 6.30. The number of hydrogen-bond acceptors (Lipinski definition) is 5. The first kappa shape index (κ1) is 24.7. The lowest BCUT2D eigenvalue weighted by Gasteiger charge is -2.24. The van der Waals surface area contributed by atoms with Crippen LogP contribution in [-0.2, 0) is 21.2 Å². The Morgan fingerprint density at radius 1 is 0.939 bits per heavy atom. The van der Waals surface area contributed by atoms with Gasteiger partial charge in [-0.25, -0.2) is 8.42 Å². The van der Waals surface area contributed by atoms with Crippen LogP contribution in [0, 0.1) is 0 Å². The molecule has 3 aromatic rings. The number of nitrogens with zero attached hydrogens (tertiary/aromatic N) is 1. The van der Waals surface area contributed by atoms with Gasteiger partial charge in [-0.1, -0.05) is 19.1 Å². The van der Waals surface area contributed by atoms with Crippen molar-refractivity contribution in [1.29, 1.82) is 0 Å². The third-order valence-electron chi connectivity index (χ3n) is 5.02. The maximum atomic E-state index is 13.5. The minimum atomic E-state index is -3.98. The molecule has 3 aromatic carbocycles. The average Bonchev–Trinajstić information content (AvgIpc) is 2.84. The van der Waals surface area contributed by atoms with Crippen LogP contribution >= 0.6 is 11.8 Å². The summed E-state index contributed by atoms with van der Waals surface area (Å²) in [5, 5.41) is 2.79. The molecule has 8 heteroatoms. The molecule has 0 saturated heterocycles. The molecule has 174 valence electrons. The van der Waals surface area contributed by atoms with E-state index >= 15 is 0 Å². The van der Waals surface area contributed by atoms with Crippen molar-refractivity contribution in [3.63, 3.8) is 0 Å². The number of thioether (sulfide) groups is 1. The molecule has 0 aliphatic heterocycles. The number of sulfonamides is 1. The standard InChI is InChI=1S/C25H28N2O4S2/c1-4-19-6-8-20(9-7-19)26-25(28)18-27(21-10-12-22(13-11-21)31-5-2)33(29,30)24-16-14-23(32-3)15-17-24/h6-17H,4-5,18H2,1-3H3,(H,26,28). The molecular formula is C25H28N2O4S2. The SMILES string of the molecule is CCOc1ccc(N(CC(=O)Nc2ccc(CC)cc2)S(=O)(=O)c2ccc(SC)cc2)cc1. The lowest BCUT2D eigenvalue weighted by molar-refractivity contribution is -0.114. The zero-order valence-electron chi connectivity index (χ0n) is 18.9. The summed E-state index contributed by atoms with van der Waals surface area (Å²) in [4.78, 5) is 13.9. The Morgan fingerprint density at radius 3 is 2.12 bits per heavy atom. The molecule has 0 bridgehead atoms. The number of anilines is 2. The summed E-state index contributed by atoms with van der Waals surface area (Å²) in [6, 6.07) is 20.8. The van der Waals surface area contributed by atoms with Crippen molar-refractivity contribution in [2.75, 3.05) is 29.0 Å². The second-order valence-electron chi connectivity index (χ2n) is 7.21. The van der Waals surface area contributed by atoms with E-state index in [9.17, 15) is 13.2 Å². The van der Waals surface area contributed by atoms with E-state index in [0.717, 1.165) is 21.2 Å². The second kappa shape index (κ2) is 11.2. The van der Waals surface area contributed by atoms with Gasteiger partial charge in [-0.2, -0.15) is 0 Å². The van der Waals surface area contributed by atoms with Crippen LogP contribution in [0.2, 0.25) is 0 Å². The molecule has 0 aromatic heterocycles. The largest absolute Gasteiger partial charge is 0.494 e. The minimum absolute atomic E-state index is 0.120. The van der Waals surface area contributed by atoms with Crippen molar-refractivity contribution in [2.24, 2.45) is 0 Å². The maximum Gasteiger partial charge on any atom is 0.264 e. The maximum absolute atomic E-state index is 13.5. The molecule has 1 N–H and O–H groups in total. The molecule has 0 fully saturated rings. The van der Waals surface area contributed by atoms with E-state index in [4.69, 9.17) is 4.74 Å². The number of carbonyl (C=O) groups is 1. The Labute approximate surface area is 200 Å². The summed E-state index contributed by atoms with van der Waals surface area (Å²) >= 11 is 1.53. The summed E-state index contributed by atoms with van der Waals surface area (Å²) in [7, 11) is -3.98. The molecule has 0 unspecified atom stereocenters. The van der Waals surface area contributed by atoms with Crippen LogP contribution in [0.4, 0.5) is 11.4 Å². The lowest BCUT2D eigenvalue weighted by atomic mass is 10.1. The summed E-state index contributed by atoms with van der Waals surface area (Å²) in [6.07, 6.45) is 2.82. The van der Waals surface area contributed by atoms with Gasteiger partial charge in [0, 0.05) is 10.6 Å². The number of benzene rings is 3. The van der Waals surface area contributed by atoms with E-state index in [2.05, 4.69) is 12.2 Å². The first-order valence-corrected chi connectivity index (χ1v) is 13.3. The molecule has 0 saturated carbocycles. The van der Waals surface area contributed by atoms with Gasteiger partial charge in [-0.05, 0) is 85.8 Å². The van der Waals surface area contributed by atoms with Crippen LogP contribution in [0.25, 0.3) is 0 Å². The van der Waals surface area contributed by atoms with Crippen molar-refractivity contribution >= 4 is 39.1 Å². The van der Waals surface area contributed by atoms with Gasteiger partial charge < -0.3 is 10.1 Å². The van der Waals surface area contributed by atoms with Crippen LogP contribution < -0.4 is 14.4 Å². The van der Waals surface area contributed by atoms with Crippen LogP contribution in [0.3, 0.4) is 0 Å². The molecular weight excluding hydrogens is 456 g/mol.